The van der Waals surface area contributed by atoms with Gasteiger partial charge in [0.25, 0.3) is 5.91 Å². The number of hydrogen-bond donors (Lipinski definition) is 2. The number of anilines is 3. The van der Waals surface area contributed by atoms with Crippen LogP contribution in [-0.2, 0) is 44.1 Å². The molecule has 1 saturated heterocycles. The second-order valence-electron chi connectivity index (χ2n) is 15.2. The normalized spacial score (nSPS) is 25.1. The van der Waals surface area contributed by atoms with Crippen LogP contribution in [0.15, 0.2) is 91.0 Å². The minimum atomic E-state index is -2.50. The number of para-hydroxylation sites is 1. The van der Waals surface area contributed by atoms with Crippen molar-refractivity contribution in [2.75, 3.05) is 23.9 Å². The van der Waals surface area contributed by atoms with E-state index in [0.29, 0.717) is 42.7 Å². The van der Waals surface area contributed by atoms with E-state index in [1.54, 1.807) is 16.9 Å². The molecule has 4 heterocycles. The SMILES string of the molecule is COc1ccc([Si](C)(C)[C@@H]2[C@@H](CC(=O)N3Cc4ccccc4C[C@H]3CO)O[C@]3(C(=O)Nc4ccc(N5C(=O)CCc6ccccc65)cc43)[C@H]2C)cc1. The number of rotatable bonds is 7. The van der Waals surface area contributed by atoms with Gasteiger partial charge in [-0.05, 0) is 71.5 Å². The third kappa shape index (κ3) is 5.38. The highest BCUT2D eigenvalue weighted by atomic mass is 28.3. The van der Waals surface area contributed by atoms with Crippen LogP contribution < -0.4 is 20.1 Å². The lowest BCUT2D eigenvalue weighted by molar-refractivity contribution is -0.149. The van der Waals surface area contributed by atoms with Crippen LogP contribution in [0.1, 0.15) is 42.0 Å². The van der Waals surface area contributed by atoms with Crippen LogP contribution >= 0.6 is 0 Å². The Hall–Kier alpha value is -4.77. The highest BCUT2D eigenvalue weighted by Crippen LogP contribution is 2.59. The number of hydrogen-bond acceptors (Lipinski definition) is 6. The standard InChI is InChI=1S/C42H45N3O6Si/c1-26-40(52(3,4)33-17-15-32(50-2)16-18-33)37(23-39(48)44-24-29-11-6-5-10-28(29)21-31(44)25-46)51-42(26)34-22-30(14-19-35(34)43-41(42)49)45-36-12-8-7-9-27(36)13-20-38(45)47/h5-12,14-19,22,26,31,37,40,46H,13,20-21,23-25H2,1-4H3,(H,43,49)/t26-,31-,37+,40-,42+/m0/s1. The molecule has 2 N–H and O–H groups in total. The van der Waals surface area contributed by atoms with Gasteiger partial charge in [-0.3, -0.25) is 19.3 Å². The topological polar surface area (TPSA) is 108 Å². The summed E-state index contributed by atoms with van der Waals surface area (Å²) in [6, 6.07) is 29.5. The summed E-state index contributed by atoms with van der Waals surface area (Å²) in [6.07, 6.45) is 1.15. The predicted octanol–water partition coefficient (Wildman–Crippen LogP) is 5.81. The smallest absolute Gasteiger partial charge is 0.261 e. The maximum Gasteiger partial charge on any atom is 0.261 e. The van der Waals surface area contributed by atoms with Crippen LogP contribution in [0.4, 0.5) is 17.1 Å². The fraction of sp³-hybridized carbons (Fsp3) is 0.357. The molecule has 4 aromatic carbocycles. The van der Waals surface area contributed by atoms with Crippen molar-refractivity contribution in [1.82, 2.24) is 4.90 Å². The molecule has 0 radical (unpaired) electrons. The van der Waals surface area contributed by atoms with Crippen molar-refractivity contribution in [3.8, 4) is 5.75 Å². The molecule has 0 bridgehead atoms. The van der Waals surface area contributed by atoms with E-state index < -0.39 is 19.8 Å². The number of carbonyl (C=O) groups excluding carboxylic acids is 3. The molecule has 1 fully saturated rings. The fourth-order valence-electron chi connectivity index (χ4n) is 9.50. The second kappa shape index (κ2) is 13.0. The Bertz CT molecular complexity index is 2070. The molecular weight excluding hydrogens is 671 g/mol. The van der Waals surface area contributed by atoms with Gasteiger partial charge in [-0.25, -0.2) is 0 Å². The van der Waals surface area contributed by atoms with Gasteiger partial charge in [-0.2, -0.15) is 0 Å². The average molecular weight is 716 g/mol. The highest BCUT2D eigenvalue weighted by Gasteiger charge is 2.65. The van der Waals surface area contributed by atoms with Crippen molar-refractivity contribution in [3.63, 3.8) is 0 Å². The number of carbonyl (C=O) groups is 3. The molecule has 5 atom stereocenters. The van der Waals surface area contributed by atoms with Gasteiger partial charge < -0.3 is 24.8 Å². The molecule has 9 nitrogen and oxygen atoms in total. The van der Waals surface area contributed by atoms with E-state index in [9.17, 15) is 19.5 Å². The van der Waals surface area contributed by atoms with Crippen LogP contribution in [0.3, 0.4) is 0 Å². The molecule has 4 aliphatic rings. The van der Waals surface area contributed by atoms with E-state index in [-0.39, 0.29) is 48.3 Å². The zero-order valence-corrected chi connectivity index (χ0v) is 31.1. The lowest BCUT2D eigenvalue weighted by Crippen LogP contribution is -2.52. The lowest BCUT2D eigenvalue weighted by Gasteiger charge is -2.39. The van der Waals surface area contributed by atoms with Gasteiger partial charge in [0.15, 0.2) is 5.60 Å². The van der Waals surface area contributed by atoms with Gasteiger partial charge in [0.2, 0.25) is 11.8 Å². The number of aliphatic hydroxyl groups is 1. The number of ether oxygens (including phenoxy) is 2. The number of amides is 3. The molecule has 52 heavy (non-hydrogen) atoms. The third-order valence-electron chi connectivity index (χ3n) is 12.2. The van der Waals surface area contributed by atoms with Gasteiger partial charge >= 0.3 is 0 Å². The van der Waals surface area contributed by atoms with Gasteiger partial charge in [0.1, 0.15) is 5.75 Å². The van der Waals surface area contributed by atoms with Crippen molar-refractivity contribution in [2.24, 2.45) is 5.92 Å². The third-order valence-corrected chi connectivity index (χ3v) is 16.5. The Balaban J connectivity index is 1.20. The van der Waals surface area contributed by atoms with Crippen molar-refractivity contribution in [3.05, 3.63) is 113 Å². The Morgan fingerprint density at radius 3 is 2.40 bits per heavy atom. The summed E-state index contributed by atoms with van der Waals surface area (Å²) < 4.78 is 12.6. The van der Waals surface area contributed by atoms with Gasteiger partial charge in [0, 0.05) is 35.8 Å². The number of aryl methyl sites for hydroxylation is 1. The first-order chi connectivity index (χ1) is 25.1. The van der Waals surface area contributed by atoms with Gasteiger partial charge in [-0.15, -0.1) is 0 Å². The Kier molecular flexibility index (Phi) is 8.59. The van der Waals surface area contributed by atoms with Crippen LogP contribution in [-0.4, -0.2) is 61.7 Å². The predicted molar refractivity (Wildman–Crippen MR) is 203 cm³/mol. The van der Waals surface area contributed by atoms with E-state index in [1.165, 1.54) is 5.19 Å². The molecule has 1 spiro atoms. The molecule has 8 rings (SSSR count). The minimum absolute atomic E-state index is 0.00121. The lowest BCUT2D eigenvalue weighted by atomic mass is 9.82. The van der Waals surface area contributed by atoms with Crippen molar-refractivity contribution >= 4 is 48.0 Å². The Morgan fingerprint density at radius 2 is 1.67 bits per heavy atom. The van der Waals surface area contributed by atoms with Crippen molar-refractivity contribution in [2.45, 2.75) is 75.5 Å². The molecule has 268 valence electrons. The van der Waals surface area contributed by atoms with E-state index in [4.69, 9.17) is 9.47 Å². The highest BCUT2D eigenvalue weighted by molar-refractivity contribution is 6.91. The van der Waals surface area contributed by atoms with E-state index in [2.05, 4.69) is 49.6 Å². The van der Waals surface area contributed by atoms with Crippen LogP contribution in [0.25, 0.3) is 0 Å². The maximum absolute atomic E-state index is 14.5. The summed E-state index contributed by atoms with van der Waals surface area (Å²) in [4.78, 5) is 45.9. The number of nitrogens with zero attached hydrogens (tertiary/aromatic N) is 2. The van der Waals surface area contributed by atoms with Crippen LogP contribution in [0.2, 0.25) is 18.6 Å². The van der Waals surface area contributed by atoms with Crippen molar-refractivity contribution in [1.29, 1.82) is 0 Å². The summed E-state index contributed by atoms with van der Waals surface area (Å²) in [5.41, 5.74) is 4.68. The van der Waals surface area contributed by atoms with Crippen molar-refractivity contribution < 1.29 is 29.0 Å². The number of aliphatic hydroxyl groups excluding tert-OH is 1. The second-order valence-corrected chi connectivity index (χ2v) is 19.9. The summed E-state index contributed by atoms with van der Waals surface area (Å²) >= 11 is 0. The van der Waals surface area contributed by atoms with Crippen LogP contribution in [0, 0.1) is 5.92 Å². The summed E-state index contributed by atoms with van der Waals surface area (Å²) in [6.45, 7) is 6.94. The summed E-state index contributed by atoms with van der Waals surface area (Å²) in [5.74, 6) is 0.0951. The molecule has 3 amide bonds. The molecule has 4 aliphatic heterocycles. The molecule has 0 unspecified atom stereocenters. The molecule has 4 aromatic rings. The van der Waals surface area contributed by atoms with Gasteiger partial charge in [-0.1, -0.05) is 79.8 Å². The van der Waals surface area contributed by atoms with E-state index in [1.807, 2.05) is 66.7 Å². The summed E-state index contributed by atoms with van der Waals surface area (Å²) in [7, 11) is -0.854. The first-order valence-electron chi connectivity index (χ1n) is 18.2. The van der Waals surface area contributed by atoms with E-state index >= 15 is 0 Å². The fourth-order valence-corrected chi connectivity index (χ4v) is 13.5. The Labute approximate surface area is 305 Å². The molecular formula is C42H45N3O6Si. The summed E-state index contributed by atoms with van der Waals surface area (Å²) in [5, 5.41) is 14.7. The van der Waals surface area contributed by atoms with Crippen LogP contribution in [0.5, 0.6) is 5.75 Å². The quantitative estimate of drug-likeness (QED) is 0.234. The van der Waals surface area contributed by atoms with Gasteiger partial charge in [0.05, 0.1) is 46.0 Å². The molecule has 0 saturated carbocycles. The minimum Gasteiger partial charge on any atom is -0.497 e. The monoisotopic (exact) mass is 715 g/mol. The number of nitrogens with one attached hydrogen (secondary N) is 1. The van der Waals surface area contributed by atoms with E-state index in [0.717, 1.165) is 28.1 Å². The maximum atomic E-state index is 14.5. The first-order valence-corrected chi connectivity index (χ1v) is 21.3. The molecule has 10 heteroatoms. The average Bonchev–Trinajstić information content (AvgIpc) is 3.62. The Morgan fingerprint density at radius 1 is 0.962 bits per heavy atom. The molecule has 0 aliphatic carbocycles. The largest absolute Gasteiger partial charge is 0.497 e. The first kappa shape index (κ1) is 34.3. The number of benzene rings is 4. The number of fused-ring (bicyclic) bond motifs is 4. The zero-order valence-electron chi connectivity index (χ0n) is 30.1. The molecule has 0 aromatic heterocycles. The number of methoxy groups -OCH3 is 1. The zero-order chi connectivity index (χ0) is 36.4.